The zero-order valence-corrected chi connectivity index (χ0v) is 10.7. The number of fused-ring (bicyclic) bond motifs is 1. The fourth-order valence-electron chi connectivity index (χ4n) is 1.75. The highest BCUT2D eigenvalue weighted by Gasteiger charge is 2.00. The first-order valence-electron chi connectivity index (χ1n) is 5.79. The van der Waals surface area contributed by atoms with Crippen LogP contribution in [0, 0.1) is 18.8 Å². The summed E-state index contributed by atoms with van der Waals surface area (Å²) in [6.07, 6.45) is 0.0405. The Bertz CT molecular complexity index is 747. The summed E-state index contributed by atoms with van der Waals surface area (Å²) in [5, 5.41) is 0.593. The number of methoxy groups -OCH3 is 1. The Labute approximate surface area is 110 Å². The zero-order chi connectivity index (χ0) is 13.8. The van der Waals surface area contributed by atoms with Crippen molar-refractivity contribution in [1.29, 1.82) is 0 Å². The Hall–Kier alpha value is -2.54. The Morgan fingerprint density at radius 2 is 2.16 bits per heavy atom. The Kier molecular flexibility index (Phi) is 3.67. The highest BCUT2D eigenvalue weighted by atomic mass is 16.5. The Balaban J connectivity index is 2.37. The van der Waals surface area contributed by atoms with E-state index in [0.717, 1.165) is 11.2 Å². The molecule has 1 heterocycles. The van der Waals surface area contributed by atoms with Crippen LogP contribution in [-0.4, -0.2) is 18.1 Å². The van der Waals surface area contributed by atoms with E-state index in [-0.39, 0.29) is 17.8 Å². The molecule has 0 aliphatic carbocycles. The summed E-state index contributed by atoms with van der Waals surface area (Å²) in [7, 11) is 1.32. The maximum absolute atomic E-state index is 11.8. The van der Waals surface area contributed by atoms with E-state index in [1.165, 1.54) is 7.11 Å². The molecule has 0 radical (unpaired) electrons. The van der Waals surface area contributed by atoms with Gasteiger partial charge in [-0.3, -0.25) is 9.59 Å². The zero-order valence-electron chi connectivity index (χ0n) is 10.7. The van der Waals surface area contributed by atoms with Crippen molar-refractivity contribution in [3.05, 3.63) is 45.7 Å². The first kappa shape index (κ1) is 12.9. The minimum atomic E-state index is -0.373. The molecule has 2 aromatic rings. The van der Waals surface area contributed by atoms with Crippen LogP contribution in [0.1, 0.15) is 17.7 Å². The van der Waals surface area contributed by atoms with E-state index >= 15 is 0 Å². The number of pyridine rings is 1. The Morgan fingerprint density at radius 1 is 1.37 bits per heavy atom. The molecule has 0 unspecified atom stereocenters. The van der Waals surface area contributed by atoms with Gasteiger partial charge in [-0.05, 0) is 25.1 Å². The molecule has 0 bridgehead atoms. The van der Waals surface area contributed by atoms with Gasteiger partial charge in [-0.15, -0.1) is 0 Å². The number of aromatic nitrogens is 1. The van der Waals surface area contributed by atoms with Crippen LogP contribution >= 0.6 is 0 Å². The van der Waals surface area contributed by atoms with Crippen molar-refractivity contribution in [1.82, 2.24) is 4.98 Å². The van der Waals surface area contributed by atoms with E-state index in [4.69, 9.17) is 0 Å². The van der Waals surface area contributed by atoms with Crippen LogP contribution in [0.3, 0.4) is 0 Å². The van der Waals surface area contributed by atoms with Crippen molar-refractivity contribution >= 4 is 16.9 Å². The maximum Gasteiger partial charge on any atom is 0.317 e. The average molecular weight is 255 g/mol. The maximum atomic E-state index is 11.8. The van der Waals surface area contributed by atoms with Crippen molar-refractivity contribution in [2.45, 2.75) is 13.3 Å². The molecular weight excluding hydrogens is 242 g/mol. The highest BCUT2D eigenvalue weighted by Crippen LogP contribution is 2.10. The average Bonchev–Trinajstić information content (AvgIpc) is 2.39. The van der Waals surface area contributed by atoms with Gasteiger partial charge in [-0.2, -0.15) is 0 Å². The molecule has 1 aromatic carbocycles. The van der Waals surface area contributed by atoms with Gasteiger partial charge in [-0.1, -0.05) is 11.8 Å². The fourth-order valence-corrected chi connectivity index (χ4v) is 1.75. The van der Waals surface area contributed by atoms with Crippen LogP contribution in [0.15, 0.2) is 29.1 Å². The molecule has 1 N–H and O–H groups in total. The number of H-pyrrole nitrogens is 1. The van der Waals surface area contributed by atoms with E-state index in [9.17, 15) is 9.59 Å². The number of aromatic amines is 1. The van der Waals surface area contributed by atoms with E-state index in [1.807, 2.05) is 19.1 Å². The van der Waals surface area contributed by atoms with Gasteiger partial charge in [0, 0.05) is 28.2 Å². The number of carbonyl (C=O) groups is 1. The number of nitrogens with one attached hydrogen (secondary N) is 1. The first-order chi connectivity index (χ1) is 9.10. The summed E-state index contributed by atoms with van der Waals surface area (Å²) in [4.78, 5) is 25.9. The van der Waals surface area contributed by atoms with Crippen molar-refractivity contribution in [2.24, 2.45) is 0 Å². The van der Waals surface area contributed by atoms with Crippen molar-refractivity contribution < 1.29 is 9.53 Å². The minimum absolute atomic E-state index is 0.0390. The van der Waals surface area contributed by atoms with E-state index in [2.05, 4.69) is 21.6 Å². The molecule has 19 heavy (non-hydrogen) atoms. The number of aryl methyl sites for hydroxylation is 1. The lowest BCUT2D eigenvalue weighted by Gasteiger charge is -2.00. The molecule has 1 aromatic heterocycles. The van der Waals surface area contributed by atoms with Gasteiger partial charge in [0.1, 0.15) is 6.42 Å². The highest BCUT2D eigenvalue weighted by molar-refractivity contribution is 5.80. The van der Waals surface area contributed by atoms with Crippen LogP contribution in [0.25, 0.3) is 10.9 Å². The molecule has 4 nitrogen and oxygen atoms in total. The van der Waals surface area contributed by atoms with Gasteiger partial charge in [0.2, 0.25) is 0 Å². The molecule has 0 amide bonds. The number of ether oxygens (including phenoxy) is 1. The number of rotatable bonds is 1. The number of hydrogen-bond acceptors (Lipinski definition) is 3. The van der Waals surface area contributed by atoms with Gasteiger partial charge < -0.3 is 9.72 Å². The van der Waals surface area contributed by atoms with Gasteiger partial charge in [0.25, 0.3) is 0 Å². The summed E-state index contributed by atoms with van der Waals surface area (Å²) in [5.74, 6) is 5.18. The third-order valence-electron chi connectivity index (χ3n) is 2.66. The van der Waals surface area contributed by atoms with Crippen LogP contribution in [-0.2, 0) is 9.53 Å². The smallest absolute Gasteiger partial charge is 0.317 e. The van der Waals surface area contributed by atoms with E-state index in [0.29, 0.717) is 10.9 Å². The fraction of sp³-hybridized carbons (Fsp3) is 0.200. The van der Waals surface area contributed by atoms with E-state index in [1.54, 1.807) is 12.1 Å². The monoisotopic (exact) mass is 255 g/mol. The molecular formula is C15H13NO3. The lowest BCUT2D eigenvalue weighted by molar-refractivity contribution is -0.139. The van der Waals surface area contributed by atoms with Crippen LogP contribution in [0.5, 0.6) is 0 Å². The van der Waals surface area contributed by atoms with Gasteiger partial charge in [0.15, 0.2) is 5.43 Å². The normalized spacial score (nSPS) is 9.79. The van der Waals surface area contributed by atoms with Crippen LogP contribution in [0.4, 0.5) is 0 Å². The second-order valence-corrected chi connectivity index (χ2v) is 4.13. The molecule has 2 rings (SSSR count). The van der Waals surface area contributed by atoms with Crippen LogP contribution < -0.4 is 5.43 Å². The summed E-state index contributed by atoms with van der Waals surface area (Å²) in [6.45, 7) is 1.84. The SMILES string of the molecule is COC(=O)CC#Cc1ccc2[nH]c(C)cc(=O)c2c1. The van der Waals surface area contributed by atoms with E-state index < -0.39 is 0 Å². The lowest BCUT2D eigenvalue weighted by Crippen LogP contribution is -2.03. The molecule has 0 fully saturated rings. The van der Waals surface area contributed by atoms with Gasteiger partial charge in [0.05, 0.1) is 7.11 Å². The second kappa shape index (κ2) is 5.40. The quantitative estimate of drug-likeness (QED) is 0.624. The molecule has 0 aliphatic rings. The molecule has 0 saturated heterocycles. The third-order valence-corrected chi connectivity index (χ3v) is 2.66. The van der Waals surface area contributed by atoms with Crippen molar-refractivity contribution in [3.8, 4) is 11.8 Å². The number of hydrogen-bond donors (Lipinski definition) is 1. The summed E-state index contributed by atoms with van der Waals surface area (Å²) < 4.78 is 4.49. The predicted molar refractivity (Wildman–Crippen MR) is 72.8 cm³/mol. The second-order valence-electron chi connectivity index (χ2n) is 4.13. The van der Waals surface area contributed by atoms with Gasteiger partial charge >= 0.3 is 5.97 Å². The molecule has 96 valence electrons. The molecule has 0 aliphatic heterocycles. The largest absolute Gasteiger partial charge is 0.468 e. The third kappa shape index (κ3) is 3.02. The van der Waals surface area contributed by atoms with Crippen molar-refractivity contribution in [2.75, 3.05) is 7.11 Å². The number of carbonyl (C=O) groups excluding carboxylic acids is 1. The standard InChI is InChI=1S/C15H13NO3/c1-10-8-14(17)12-9-11(6-7-13(12)16-10)4-3-5-15(18)19-2/h6-9H,5H2,1-2H3,(H,16,17). The lowest BCUT2D eigenvalue weighted by atomic mass is 10.1. The molecule has 4 heteroatoms. The first-order valence-corrected chi connectivity index (χ1v) is 5.79. The van der Waals surface area contributed by atoms with Crippen LogP contribution in [0.2, 0.25) is 0 Å². The van der Waals surface area contributed by atoms with Crippen molar-refractivity contribution in [3.63, 3.8) is 0 Å². The summed E-state index contributed by atoms with van der Waals surface area (Å²) >= 11 is 0. The summed E-state index contributed by atoms with van der Waals surface area (Å²) in [6, 6.07) is 6.89. The summed E-state index contributed by atoms with van der Waals surface area (Å²) in [5.41, 5.74) is 2.26. The molecule has 0 spiro atoms. The molecule has 0 atom stereocenters. The minimum Gasteiger partial charge on any atom is -0.468 e. The Morgan fingerprint density at radius 3 is 2.89 bits per heavy atom. The number of benzene rings is 1. The predicted octanol–water partition coefficient (Wildman–Crippen LogP) is 1.75. The topological polar surface area (TPSA) is 59.2 Å². The molecule has 0 saturated carbocycles. The van der Waals surface area contributed by atoms with Gasteiger partial charge in [-0.25, -0.2) is 0 Å². The number of esters is 1.